The lowest BCUT2D eigenvalue weighted by atomic mass is 9.95. The summed E-state index contributed by atoms with van der Waals surface area (Å²) >= 11 is 1.89. The van der Waals surface area contributed by atoms with Crippen LogP contribution in [0.5, 0.6) is 0 Å². The molecule has 1 saturated heterocycles. The maximum absolute atomic E-state index is 6.32. The van der Waals surface area contributed by atoms with Crippen LogP contribution in [0.3, 0.4) is 0 Å². The van der Waals surface area contributed by atoms with Gasteiger partial charge in [0.2, 0.25) is 0 Å². The number of benzene rings is 1. The lowest BCUT2D eigenvalue weighted by molar-refractivity contribution is 0.327. The van der Waals surface area contributed by atoms with Gasteiger partial charge in [0.05, 0.1) is 0 Å². The molecule has 2 aromatic rings. The molecule has 0 aliphatic carbocycles. The van der Waals surface area contributed by atoms with E-state index in [0.717, 1.165) is 19.6 Å². The maximum atomic E-state index is 6.32. The minimum Gasteiger partial charge on any atom is -0.326 e. The van der Waals surface area contributed by atoms with Gasteiger partial charge in [-0.25, -0.2) is 0 Å². The van der Waals surface area contributed by atoms with Crippen molar-refractivity contribution in [2.75, 3.05) is 13.1 Å². The number of likely N-dealkylation sites (tertiary alicyclic amines) is 1. The Hall–Kier alpha value is -0.870. The van der Waals surface area contributed by atoms with Crippen molar-refractivity contribution >= 4 is 23.7 Å². The Kier molecular flexibility index (Phi) is 5.22. The summed E-state index contributed by atoms with van der Waals surface area (Å²) in [5.41, 5.74) is 7.70. The molecule has 1 fully saturated rings. The first kappa shape index (κ1) is 15.5. The first-order valence-electron chi connectivity index (χ1n) is 6.80. The first-order chi connectivity index (χ1) is 9.22. The summed E-state index contributed by atoms with van der Waals surface area (Å²) in [6.07, 6.45) is 0. The van der Waals surface area contributed by atoms with Gasteiger partial charge in [0, 0.05) is 41.3 Å². The quantitative estimate of drug-likeness (QED) is 0.941. The lowest BCUT2D eigenvalue weighted by Gasteiger charge is -2.15. The highest BCUT2D eigenvalue weighted by Gasteiger charge is 2.31. The number of hydrogen-bond donors (Lipinski definition) is 1. The highest BCUT2D eigenvalue weighted by molar-refractivity contribution is 7.11. The molecule has 108 valence electrons. The number of halogens is 1. The molecule has 1 aromatic carbocycles. The van der Waals surface area contributed by atoms with Crippen molar-refractivity contribution in [1.29, 1.82) is 0 Å². The molecule has 0 amide bonds. The van der Waals surface area contributed by atoms with Crippen LogP contribution in [0, 0.1) is 6.92 Å². The fourth-order valence-corrected chi connectivity index (χ4v) is 3.82. The number of aryl methyl sites for hydroxylation is 1. The highest BCUT2D eigenvalue weighted by Crippen LogP contribution is 2.28. The largest absolute Gasteiger partial charge is 0.326 e. The van der Waals surface area contributed by atoms with Crippen LogP contribution in [-0.2, 0) is 6.54 Å². The van der Waals surface area contributed by atoms with E-state index < -0.39 is 0 Å². The summed E-state index contributed by atoms with van der Waals surface area (Å²) in [4.78, 5) is 5.31. The van der Waals surface area contributed by atoms with Crippen molar-refractivity contribution in [3.8, 4) is 0 Å². The third-order valence-corrected chi connectivity index (χ3v) is 4.83. The van der Waals surface area contributed by atoms with E-state index in [1.54, 1.807) is 0 Å². The normalized spacial score (nSPS) is 22.7. The van der Waals surface area contributed by atoms with E-state index in [1.807, 2.05) is 11.3 Å². The monoisotopic (exact) mass is 308 g/mol. The number of nitrogens with zero attached hydrogens (tertiary/aromatic N) is 1. The Labute approximate surface area is 131 Å². The van der Waals surface area contributed by atoms with Crippen LogP contribution in [0.15, 0.2) is 42.5 Å². The van der Waals surface area contributed by atoms with Crippen molar-refractivity contribution in [1.82, 2.24) is 4.90 Å². The third-order valence-electron chi connectivity index (χ3n) is 3.84. The summed E-state index contributed by atoms with van der Waals surface area (Å²) in [6, 6.07) is 15.4. The second kappa shape index (κ2) is 6.72. The van der Waals surface area contributed by atoms with E-state index >= 15 is 0 Å². The van der Waals surface area contributed by atoms with Crippen molar-refractivity contribution in [3.63, 3.8) is 0 Å². The number of hydrogen-bond acceptors (Lipinski definition) is 3. The Morgan fingerprint density at radius 1 is 1.15 bits per heavy atom. The van der Waals surface area contributed by atoms with Crippen LogP contribution in [0.1, 0.15) is 21.2 Å². The Morgan fingerprint density at radius 3 is 2.55 bits per heavy atom. The van der Waals surface area contributed by atoms with Gasteiger partial charge in [-0.15, -0.1) is 23.7 Å². The lowest BCUT2D eigenvalue weighted by Crippen LogP contribution is -2.28. The average molecular weight is 309 g/mol. The van der Waals surface area contributed by atoms with Gasteiger partial charge in [0.1, 0.15) is 0 Å². The second-order valence-corrected chi connectivity index (χ2v) is 6.76. The van der Waals surface area contributed by atoms with Gasteiger partial charge in [-0.1, -0.05) is 30.3 Å². The molecule has 1 aliphatic rings. The summed E-state index contributed by atoms with van der Waals surface area (Å²) < 4.78 is 0. The van der Waals surface area contributed by atoms with E-state index in [9.17, 15) is 0 Å². The predicted octanol–water partition coefficient (Wildman–Crippen LogP) is 3.41. The van der Waals surface area contributed by atoms with Crippen LogP contribution in [0.2, 0.25) is 0 Å². The third kappa shape index (κ3) is 3.41. The summed E-state index contributed by atoms with van der Waals surface area (Å²) in [7, 11) is 0. The molecule has 20 heavy (non-hydrogen) atoms. The van der Waals surface area contributed by atoms with Crippen LogP contribution in [0.4, 0.5) is 0 Å². The van der Waals surface area contributed by atoms with Gasteiger partial charge < -0.3 is 5.73 Å². The molecule has 0 bridgehead atoms. The minimum absolute atomic E-state index is 0. The zero-order chi connectivity index (χ0) is 13.2. The van der Waals surface area contributed by atoms with Crippen molar-refractivity contribution in [2.45, 2.75) is 25.4 Å². The second-order valence-electron chi connectivity index (χ2n) is 5.39. The van der Waals surface area contributed by atoms with E-state index in [2.05, 4.69) is 54.3 Å². The number of rotatable bonds is 3. The average Bonchev–Trinajstić information content (AvgIpc) is 2.97. The Balaban J connectivity index is 0.00000147. The van der Waals surface area contributed by atoms with Crippen LogP contribution in [-0.4, -0.2) is 24.0 Å². The fraction of sp³-hybridized carbons (Fsp3) is 0.375. The zero-order valence-corrected chi connectivity index (χ0v) is 13.3. The first-order valence-corrected chi connectivity index (χ1v) is 7.62. The molecule has 1 aromatic heterocycles. The van der Waals surface area contributed by atoms with Gasteiger partial charge in [-0.05, 0) is 24.6 Å². The van der Waals surface area contributed by atoms with E-state index in [0.29, 0.717) is 5.92 Å². The highest BCUT2D eigenvalue weighted by atomic mass is 35.5. The molecule has 0 saturated carbocycles. The topological polar surface area (TPSA) is 29.3 Å². The van der Waals surface area contributed by atoms with Gasteiger partial charge >= 0.3 is 0 Å². The molecule has 3 rings (SSSR count). The number of thiophene rings is 1. The summed E-state index contributed by atoms with van der Waals surface area (Å²) in [6.45, 7) is 5.27. The molecule has 2 N–H and O–H groups in total. The summed E-state index contributed by atoms with van der Waals surface area (Å²) in [5, 5.41) is 0. The van der Waals surface area contributed by atoms with Crippen LogP contribution in [0.25, 0.3) is 0 Å². The molecular weight excluding hydrogens is 288 g/mol. The van der Waals surface area contributed by atoms with Crippen molar-refractivity contribution in [3.05, 3.63) is 57.8 Å². The SMILES string of the molecule is Cc1ccc(CN2C[C@@H](N)[C@H](c3ccccc3)C2)s1.Cl. The van der Waals surface area contributed by atoms with Gasteiger partial charge in [-0.3, -0.25) is 4.90 Å². The molecule has 0 unspecified atom stereocenters. The smallest absolute Gasteiger partial charge is 0.0328 e. The number of nitrogens with two attached hydrogens (primary N) is 1. The molecule has 4 heteroatoms. The van der Waals surface area contributed by atoms with E-state index in [-0.39, 0.29) is 18.4 Å². The fourth-order valence-electron chi connectivity index (χ4n) is 2.89. The Bertz CT molecular complexity index is 540. The van der Waals surface area contributed by atoms with Gasteiger partial charge in [0.25, 0.3) is 0 Å². The van der Waals surface area contributed by atoms with Gasteiger partial charge in [-0.2, -0.15) is 0 Å². The van der Waals surface area contributed by atoms with E-state index in [4.69, 9.17) is 5.73 Å². The minimum atomic E-state index is 0. The molecule has 0 radical (unpaired) electrons. The van der Waals surface area contributed by atoms with Crippen molar-refractivity contribution < 1.29 is 0 Å². The molecule has 0 spiro atoms. The zero-order valence-electron chi connectivity index (χ0n) is 11.7. The predicted molar refractivity (Wildman–Crippen MR) is 88.7 cm³/mol. The molecule has 2 nitrogen and oxygen atoms in total. The molecule has 2 atom stereocenters. The van der Waals surface area contributed by atoms with E-state index in [1.165, 1.54) is 15.3 Å². The molecule has 1 aliphatic heterocycles. The maximum Gasteiger partial charge on any atom is 0.0328 e. The Morgan fingerprint density at radius 2 is 1.90 bits per heavy atom. The summed E-state index contributed by atoms with van der Waals surface area (Å²) in [5.74, 6) is 0.474. The molecule has 2 heterocycles. The van der Waals surface area contributed by atoms with Crippen molar-refractivity contribution in [2.24, 2.45) is 5.73 Å². The molecular formula is C16H21ClN2S. The van der Waals surface area contributed by atoms with Gasteiger partial charge in [0.15, 0.2) is 0 Å². The standard InChI is InChI=1S/C16H20N2S.ClH/c1-12-7-8-14(19-12)9-18-10-15(16(17)11-18)13-5-3-2-4-6-13;/h2-8,15-16H,9-11,17H2,1H3;1H/t15-,16+;/m0./s1. The van der Waals surface area contributed by atoms with Crippen LogP contribution < -0.4 is 5.73 Å². The van der Waals surface area contributed by atoms with Crippen LogP contribution >= 0.6 is 23.7 Å².